The summed E-state index contributed by atoms with van der Waals surface area (Å²) in [7, 11) is 0. The maximum absolute atomic E-state index is 11.8. The Bertz CT molecular complexity index is 567. The van der Waals surface area contributed by atoms with Gasteiger partial charge in [-0.05, 0) is 43.2 Å². The predicted octanol–water partition coefficient (Wildman–Crippen LogP) is 1.95. The van der Waals surface area contributed by atoms with Gasteiger partial charge in [0.05, 0.1) is 6.42 Å². The first kappa shape index (κ1) is 13.2. The Morgan fingerprint density at radius 2 is 2.11 bits per heavy atom. The molecule has 2 heterocycles. The summed E-state index contributed by atoms with van der Waals surface area (Å²) in [4.78, 5) is 20.2. The molecule has 4 nitrogen and oxygen atoms in total. The Hall–Kier alpha value is -2.23. The fraction of sp³-hybridized carbons (Fsp3) is 0.267. The minimum absolute atomic E-state index is 0.0290. The second kappa shape index (κ2) is 6.09. The van der Waals surface area contributed by atoms with E-state index in [1.807, 2.05) is 44.3 Å². The molecular weight excluding hydrogens is 238 g/mol. The lowest BCUT2D eigenvalue weighted by Gasteiger charge is -2.08. The first-order chi connectivity index (χ1) is 9.15. The zero-order valence-corrected chi connectivity index (χ0v) is 11.2. The largest absolute Gasteiger partial charge is 0.352 e. The lowest BCUT2D eigenvalue weighted by Crippen LogP contribution is -2.25. The molecule has 0 aromatic carbocycles. The van der Waals surface area contributed by atoms with Gasteiger partial charge in [-0.3, -0.25) is 14.8 Å². The molecule has 2 aromatic rings. The summed E-state index contributed by atoms with van der Waals surface area (Å²) in [6.07, 6.45) is 3.81. The van der Waals surface area contributed by atoms with E-state index in [0.29, 0.717) is 13.0 Å². The van der Waals surface area contributed by atoms with E-state index in [0.717, 1.165) is 22.5 Å². The van der Waals surface area contributed by atoms with Gasteiger partial charge in [-0.2, -0.15) is 0 Å². The molecule has 0 radical (unpaired) electrons. The summed E-state index contributed by atoms with van der Waals surface area (Å²) in [6.45, 7) is 4.48. The summed E-state index contributed by atoms with van der Waals surface area (Å²) in [5.41, 5.74) is 3.95. The molecule has 0 unspecified atom stereocenters. The third-order valence-corrected chi connectivity index (χ3v) is 2.90. The molecule has 19 heavy (non-hydrogen) atoms. The maximum atomic E-state index is 11.8. The van der Waals surface area contributed by atoms with Crippen LogP contribution >= 0.6 is 0 Å². The second-order valence-electron chi connectivity index (χ2n) is 4.53. The number of nitrogens with zero attached hydrogens (tertiary/aromatic N) is 2. The predicted molar refractivity (Wildman–Crippen MR) is 73.5 cm³/mol. The number of amides is 1. The number of nitrogens with one attached hydrogen (secondary N) is 1. The minimum atomic E-state index is -0.0290. The number of hydrogen-bond donors (Lipinski definition) is 1. The van der Waals surface area contributed by atoms with Crippen molar-refractivity contribution in [3.05, 3.63) is 59.2 Å². The van der Waals surface area contributed by atoms with E-state index >= 15 is 0 Å². The minimum Gasteiger partial charge on any atom is -0.352 e. The fourth-order valence-electron chi connectivity index (χ4n) is 1.83. The number of pyridine rings is 2. The topological polar surface area (TPSA) is 54.9 Å². The van der Waals surface area contributed by atoms with Crippen LogP contribution in [0.4, 0.5) is 0 Å². The van der Waals surface area contributed by atoms with E-state index in [4.69, 9.17) is 0 Å². The summed E-state index contributed by atoms with van der Waals surface area (Å²) in [5.74, 6) is -0.0290. The van der Waals surface area contributed by atoms with Crippen LogP contribution in [0.2, 0.25) is 0 Å². The molecule has 0 saturated carbocycles. The van der Waals surface area contributed by atoms with Crippen molar-refractivity contribution in [2.75, 3.05) is 0 Å². The highest BCUT2D eigenvalue weighted by Crippen LogP contribution is 2.07. The van der Waals surface area contributed by atoms with Gasteiger partial charge in [-0.15, -0.1) is 0 Å². The van der Waals surface area contributed by atoms with Crippen LogP contribution in [0.3, 0.4) is 0 Å². The number of rotatable bonds is 4. The summed E-state index contributed by atoms with van der Waals surface area (Å²) >= 11 is 0. The number of aryl methyl sites for hydroxylation is 2. The van der Waals surface area contributed by atoms with Crippen molar-refractivity contribution in [3.8, 4) is 0 Å². The van der Waals surface area contributed by atoms with Crippen molar-refractivity contribution in [1.82, 2.24) is 15.3 Å². The van der Waals surface area contributed by atoms with Crippen LogP contribution in [0.25, 0.3) is 0 Å². The zero-order valence-electron chi connectivity index (χ0n) is 11.2. The molecule has 0 spiro atoms. The second-order valence-corrected chi connectivity index (χ2v) is 4.53. The molecular formula is C15H17N3O. The Balaban J connectivity index is 1.90. The first-order valence-corrected chi connectivity index (χ1v) is 6.24. The van der Waals surface area contributed by atoms with Gasteiger partial charge in [0, 0.05) is 30.3 Å². The van der Waals surface area contributed by atoms with E-state index in [1.165, 1.54) is 0 Å². The fourth-order valence-corrected chi connectivity index (χ4v) is 1.83. The highest BCUT2D eigenvalue weighted by molar-refractivity contribution is 5.78. The highest BCUT2D eigenvalue weighted by atomic mass is 16.1. The van der Waals surface area contributed by atoms with Crippen molar-refractivity contribution < 1.29 is 4.79 Å². The third kappa shape index (κ3) is 3.88. The van der Waals surface area contributed by atoms with Gasteiger partial charge in [0.25, 0.3) is 0 Å². The lowest BCUT2D eigenvalue weighted by atomic mass is 10.1. The van der Waals surface area contributed by atoms with Crippen molar-refractivity contribution in [3.63, 3.8) is 0 Å². The molecule has 4 heteroatoms. The summed E-state index contributed by atoms with van der Waals surface area (Å²) < 4.78 is 0. The molecule has 1 N–H and O–H groups in total. The van der Waals surface area contributed by atoms with Gasteiger partial charge in [0.1, 0.15) is 0 Å². The van der Waals surface area contributed by atoms with E-state index in [2.05, 4.69) is 15.3 Å². The average Bonchev–Trinajstić information content (AvgIpc) is 2.39. The van der Waals surface area contributed by atoms with Gasteiger partial charge in [-0.25, -0.2) is 0 Å². The van der Waals surface area contributed by atoms with Crippen LogP contribution < -0.4 is 5.32 Å². The van der Waals surface area contributed by atoms with Crippen molar-refractivity contribution in [2.24, 2.45) is 0 Å². The van der Waals surface area contributed by atoms with Crippen LogP contribution in [0.1, 0.15) is 22.5 Å². The van der Waals surface area contributed by atoms with Gasteiger partial charge in [-0.1, -0.05) is 6.07 Å². The number of carbonyl (C=O) groups is 1. The van der Waals surface area contributed by atoms with Crippen LogP contribution in [-0.4, -0.2) is 15.9 Å². The Kier molecular flexibility index (Phi) is 4.23. The van der Waals surface area contributed by atoms with Gasteiger partial charge in [0.15, 0.2) is 0 Å². The molecule has 98 valence electrons. The van der Waals surface area contributed by atoms with Crippen LogP contribution in [-0.2, 0) is 17.8 Å². The number of aromatic nitrogens is 2. The molecule has 1 amide bonds. The first-order valence-electron chi connectivity index (χ1n) is 6.24. The third-order valence-electron chi connectivity index (χ3n) is 2.90. The molecule has 0 aliphatic carbocycles. The van der Waals surface area contributed by atoms with E-state index in [-0.39, 0.29) is 5.91 Å². The monoisotopic (exact) mass is 255 g/mol. The van der Waals surface area contributed by atoms with Crippen LogP contribution in [0, 0.1) is 13.8 Å². The molecule has 0 aliphatic heterocycles. The molecule has 0 bridgehead atoms. The Morgan fingerprint density at radius 3 is 2.79 bits per heavy atom. The summed E-state index contributed by atoms with van der Waals surface area (Å²) in [5, 5.41) is 2.89. The smallest absolute Gasteiger partial charge is 0.226 e. The summed E-state index contributed by atoms with van der Waals surface area (Å²) in [6, 6.07) is 7.57. The lowest BCUT2D eigenvalue weighted by molar-refractivity contribution is -0.120. The number of carbonyl (C=O) groups excluding carboxylic acids is 1. The molecule has 0 atom stereocenters. The average molecular weight is 255 g/mol. The van der Waals surface area contributed by atoms with E-state index in [1.54, 1.807) is 6.20 Å². The molecule has 2 rings (SSSR count). The van der Waals surface area contributed by atoms with Gasteiger partial charge >= 0.3 is 0 Å². The normalized spacial score (nSPS) is 10.2. The quantitative estimate of drug-likeness (QED) is 0.908. The molecule has 2 aromatic heterocycles. The van der Waals surface area contributed by atoms with Crippen molar-refractivity contribution in [2.45, 2.75) is 26.8 Å². The Labute approximate surface area is 112 Å². The highest BCUT2D eigenvalue weighted by Gasteiger charge is 2.05. The number of hydrogen-bond acceptors (Lipinski definition) is 3. The Morgan fingerprint density at radius 1 is 1.26 bits per heavy atom. The van der Waals surface area contributed by atoms with Gasteiger partial charge < -0.3 is 5.32 Å². The SMILES string of the molecule is Cc1cc(C)c(CNC(=O)Cc2ccccn2)cn1. The van der Waals surface area contributed by atoms with Crippen molar-refractivity contribution in [1.29, 1.82) is 0 Å². The molecule has 0 aliphatic rings. The van der Waals surface area contributed by atoms with E-state index in [9.17, 15) is 4.79 Å². The van der Waals surface area contributed by atoms with E-state index < -0.39 is 0 Å². The molecule has 0 saturated heterocycles. The zero-order chi connectivity index (χ0) is 13.7. The molecule has 0 fully saturated rings. The van der Waals surface area contributed by atoms with Crippen molar-refractivity contribution >= 4 is 5.91 Å². The van der Waals surface area contributed by atoms with Crippen LogP contribution in [0.15, 0.2) is 36.7 Å². The maximum Gasteiger partial charge on any atom is 0.226 e. The van der Waals surface area contributed by atoms with Crippen LogP contribution in [0.5, 0.6) is 0 Å². The van der Waals surface area contributed by atoms with Gasteiger partial charge in [0.2, 0.25) is 5.91 Å². The standard InChI is InChI=1S/C15H17N3O/c1-11-7-12(2)17-9-13(11)10-18-15(19)8-14-5-3-4-6-16-14/h3-7,9H,8,10H2,1-2H3,(H,18,19).